The molecule has 1 heterocycles. The summed E-state index contributed by atoms with van der Waals surface area (Å²) in [6.45, 7) is 0. The molecule has 0 aliphatic carbocycles. The summed E-state index contributed by atoms with van der Waals surface area (Å²) in [5.41, 5.74) is -0.734. The molecule has 3 aromatic rings. The Hall–Kier alpha value is -3.78. The van der Waals surface area contributed by atoms with E-state index < -0.39 is 35.2 Å². The van der Waals surface area contributed by atoms with E-state index in [4.69, 9.17) is 11.6 Å². The van der Waals surface area contributed by atoms with Gasteiger partial charge < -0.3 is 10.2 Å². The van der Waals surface area contributed by atoms with Crippen LogP contribution in [0.4, 0.5) is 18.9 Å². The number of hydrogen-bond donors (Lipinski definition) is 2. The van der Waals surface area contributed by atoms with E-state index in [-0.39, 0.29) is 33.2 Å². The number of phenols is 1. The maximum atomic E-state index is 13.0. The second-order valence-electron chi connectivity index (χ2n) is 7.32. The third-order valence-electron chi connectivity index (χ3n) is 5.20. The Bertz CT molecular complexity index is 1290. The van der Waals surface area contributed by atoms with Crippen molar-refractivity contribution in [3.05, 3.63) is 100 Å². The molecule has 1 amide bonds. The fourth-order valence-electron chi connectivity index (χ4n) is 3.71. The second-order valence-corrected chi connectivity index (χ2v) is 7.76. The average molecular weight is 474 g/mol. The molecule has 0 spiro atoms. The second kappa shape index (κ2) is 8.29. The zero-order valence-corrected chi connectivity index (χ0v) is 17.4. The first-order chi connectivity index (χ1) is 15.6. The number of aromatic hydroxyl groups is 1. The average Bonchev–Trinajstić information content (AvgIpc) is 3.03. The van der Waals surface area contributed by atoms with Gasteiger partial charge in [0.1, 0.15) is 11.5 Å². The van der Waals surface area contributed by atoms with Gasteiger partial charge in [-0.25, -0.2) is 0 Å². The van der Waals surface area contributed by atoms with Gasteiger partial charge in [-0.15, -0.1) is 0 Å². The molecule has 33 heavy (non-hydrogen) atoms. The van der Waals surface area contributed by atoms with Crippen LogP contribution in [-0.2, 0) is 15.8 Å². The number of hydrogen-bond acceptors (Lipinski definition) is 4. The van der Waals surface area contributed by atoms with Crippen molar-refractivity contribution in [2.45, 2.75) is 12.2 Å². The number of halogens is 4. The van der Waals surface area contributed by atoms with Crippen LogP contribution in [0.2, 0.25) is 5.02 Å². The Morgan fingerprint density at radius 2 is 1.61 bits per heavy atom. The van der Waals surface area contributed by atoms with E-state index in [0.29, 0.717) is 0 Å². The van der Waals surface area contributed by atoms with Crippen molar-refractivity contribution in [1.82, 2.24) is 0 Å². The van der Waals surface area contributed by atoms with E-state index in [1.54, 1.807) is 12.1 Å². The van der Waals surface area contributed by atoms with Crippen molar-refractivity contribution in [3.63, 3.8) is 0 Å². The van der Waals surface area contributed by atoms with E-state index >= 15 is 0 Å². The van der Waals surface area contributed by atoms with Gasteiger partial charge in [-0.05, 0) is 54.1 Å². The van der Waals surface area contributed by atoms with Gasteiger partial charge >= 0.3 is 6.18 Å². The number of amides is 1. The zero-order valence-electron chi connectivity index (χ0n) is 16.7. The number of alkyl halides is 3. The maximum Gasteiger partial charge on any atom is 0.416 e. The Kier molecular flexibility index (Phi) is 5.63. The molecule has 1 saturated heterocycles. The topological polar surface area (TPSA) is 77.8 Å². The molecule has 1 aliphatic heterocycles. The van der Waals surface area contributed by atoms with E-state index in [9.17, 15) is 33.0 Å². The number of phenolic OH excluding ortho intramolecular Hbond substituents is 1. The van der Waals surface area contributed by atoms with Crippen LogP contribution in [0.15, 0.2) is 78.4 Å². The number of ketones is 1. The van der Waals surface area contributed by atoms with Crippen LogP contribution in [-0.4, -0.2) is 21.9 Å². The molecule has 0 saturated carbocycles. The lowest BCUT2D eigenvalue weighted by Crippen LogP contribution is -2.29. The molecule has 168 valence electrons. The monoisotopic (exact) mass is 473 g/mol. The minimum atomic E-state index is -4.58. The zero-order chi connectivity index (χ0) is 23.9. The van der Waals surface area contributed by atoms with Crippen LogP contribution >= 0.6 is 11.6 Å². The van der Waals surface area contributed by atoms with Gasteiger partial charge in [-0.2, -0.15) is 13.2 Å². The Labute approximate surface area is 191 Å². The highest BCUT2D eigenvalue weighted by Crippen LogP contribution is 2.43. The molecule has 0 aromatic heterocycles. The summed E-state index contributed by atoms with van der Waals surface area (Å²) in [5, 5.41) is 21.2. The number of aliphatic hydroxyl groups excluding tert-OH is 1. The lowest BCUT2D eigenvalue weighted by atomic mass is 9.95. The van der Waals surface area contributed by atoms with Crippen molar-refractivity contribution in [3.8, 4) is 5.75 Å². The summed E-state index contributed by atoms with van der Waals surface area (Å²) in [4.78, 5) is 27.0. The van der Waals surface area contributed by atoms with E-state index in [1.165, 1.54) is 36.4 Å². The van der Waals surface area contributed by atoms with Crippen LogP contribution < -0.4 is 4.90 Å². The number of carbonyl (C=O) groups excluding carboxylic acids is 2. The number of nitrogens with zero attached hydrogens (tertiary/aromatic N) is 1. The molecule has 9 heteroatoms. The number of aliphatic hydroxyl groups is 1. The Balaban J connectivity index is 1.92. The highest BCUT2D eigenvalue weighted by Gasteiger charge is 2.47. The van der Waals surface area contributed by atoms with Gasteiger partial charge in [0.2, 0.25) is 0 Å². The predicted octanol–water partition coefficient (Wildman–Crippen LogP) is 5.69. The minimum absolute atomic E-state index is 0.0172. The molecular weight excluding hydrogens is 459 g/mol. The van der Waals surface area contributed by atoms with Gasteiger partial charge in [-0.3, -0.25) is 14.5 Å². The van der Waals surface area contributed by atoms with Gasteiger partial charge in [0, 0.05) is 16.3 Å². The van der Waals surface area contributed by atoms with Crippen LogP contribution in [0, 0.1) is 0 Å². The van der Waals surface area contributed by atoms with Gasteiger partial charge in [-0.1, -0.05) is 35.9 Å². The third-order valence-corrected chi connectivity index (χ3v) is 5.44. The van der Waals surface area contributed by atoms with Crippen LogP contribution in [0.3, 0.4) is 0 Å². The van der Waals surface area contributed by atoms with Crippen molar-refractivity contribution in [2.24, 2.45) is 0 Å². The summed E-state index contributed by atoms with van der Waals surface area (Å²) >= 11 is 5.99. The predicted molar refractivity (Wildman–Crippen MR) is 116 cm³/mol. The third kappa shape index (κ3) is 4.17. The van der Waals surface area contributed by atoms with E-state index in [2.05, 4.69) is 0 Å². The quantitative estimate of drug-likeness (QED) is 0.291. The molecule has 2 N–H and O–H groups in total. The first-order valence-corrected chi connectivity index (χ1v) is 9.99. The van der Waals surface area contributed by atoms with Gasteiger partial charge in [0.05, 0.1) is 17.2 Å². The van der Waals surface area contributed by atoms with Crippen molar-refractivity contribution < 1.29 is 33.0 Å². The standard InChI is InChI=1S/C24H15ClF3NO4/c25-16-5-1-4-14(11-16)21(31)19-20(13-3-2-6-18(30)12-13)29(23(33)22(19)32)17-9-7-15(8-10-17)24(26,27)28/h1-12,20,30-31H/b21-19+. The van der Waals surface area contributed by atoms with Crippen molar-refractivity contribution in [2.75, 3.05) is 4.90 Å². The fraction of sp³-hybridized carbons (Fsp3) is 0.0833. The SMILES string of the molecule is O=C1C(=O)N(c2ccc(C(F)(F)F)cc2)C(c2cccc(O)c2)/C1=C(\O)c1cccc(Cl)c1. The summed E-state index contributed by atoms with van der Waals surface area (Å²) < 4.78 is 39.0. The molecule has 1 fully saturated rings. The molecule has 3 aromatic carbocycles. The van der Waals surface area contributed by atoms with Gasteiger partial charge in [0.25, 0.3) is 11.7 Å². The smallest absolute Gasteiger partial charge is 0.416 e. The molecule has 1 unspecified atom stereocenters. The molecule has 1 atom stereocenters. The molecule has 0 bridgehead atoms. The molecule has 4 rings (SSSR count). The lowest BCUT2D eigenvalue weighted by Gasteiger charge is -2.26. The summed E-state index contributed by atoms with van der Waals surface area (Å²) in [5.74, 6) is -2.72. The summed E-state index contributed by atoms with van der Waals surface area (Å²) in [7, 11) is 0. The van der Waals surface area contributed by atoms with Gasteiger partial charge in [0.15, 0.2) is 0 Å². The molecular formula is C24H15ClF3NO4. The fourth-order valence-corrected chi connectivity index (χ4v) is 3.90. The molecule has 1 aliphatic rings. The van der Waals surface area contributed by atoms with Crippen LogP contribution in [0.5, 0.6) is 5.75 Å². The molecule has 0 radical (unpaired) electrons. The van der Waals surface area contributed by atoms with Crippen molar-refractivity contribution in [1.29, 1.82) is 0 Å². The van der Waals surface area contributed by atoms with Crippen LogP contribution in [0.25, 0.3) is 5.76 Å². The number of carbonyl (C=O) groups is 2. The highest BCUT2D eigenvalue weighted by atomic mass is 35.5. The van der Waals surface area contributed by atoms with Crippen molar-refractivity contribution >= 4 is 34.7 Å². The largest absolute Gasteiger partial charge is 0.508 e. The number of Topliss-reactive ketones (excluding diaryl/α,β-unsaturated/α-hetero) is 1. The molecule has 5 nitrogen and oxygen atoms in total. The van der Waals surface area contributed by atoms with E-state index in [1.807, 2.05) is 0 Å². The first-order valence-electron chi connectivity index (χ1n) is 9.61. The summed E-state index contributed by atoms with van der Waals surface area (Å²) in [6.07, 6.45) is -4.58. The number of rotatable bonds is 3. The van der Waals surface area contributed by atoms with E-state index in [0.717, 1.165) is 29.2 Å². The normalized spacial score (nSPS) is 18.1. The maximum absolute atomic E-state index is 13.0. The summed E-state index contributed by atoms with van der Waals surface area (Å²) in [6, 6.07) is 14.2. The number of benzene rings is 3. The minimum Gasteiger partial charge on any atom is -0.508 e. The lowest BCUT2D eigenvalue weighted by molar-refractivity contribution is -0.137. The van der Waals surface area contributed by atoms with Crippen LogP contribution in [0.1, 0.15) is 22.7 Å². The first kappa shape index (κ1) is 22.4. The number of anilines is 1. The Morgan fingerprint density at radius 3 is 2.21 bits per heavy atom. The highest BCUT2D eigenvalue weighted by molar-refractivity contribution is 6.51. The Morgan fingerprint density at radius 1 is 0.939 bits per heavy atom.